The number of fused-ring (bicyclic) bond motifs is 4. The molecule has 0 spiro atoms. The van der Waals surface area contributed by atoms with Crippen molar-refractivity contribution in [2.75, 3.05) is 59.7 Å². The maximum Gasteiger partial charge on any atom is 0.243 e. The topological polar surface area (TPSA) is 225 Å². The highest BCUT2D eigenvalue weighted by Crippen LogP contribution is 2.43. The van der Waals surface area contributed by atoms with Gasteiger partial charge in [0.15, 0.2) is 17.4 Å². The number of piperidine rings is 2. The summed E-state index contributed by atoms with van der Waals surface area (Å²) >= 11 is 1.60. The molecular weight excluding hydrogens is 1070 g/mol. The highest BCUT2D eigenvalue weighted by Gasteiger charge is 2.47. The largest absolute Gasteiger partial charge is 0.507 e. The van der Waals surface area contributed by atoms with E-state index >= 15 is 0 Å². The molecule has 2 amide bonds. The maximum absolute atomic E-state index is 14.5. The number of phenols is 1. The molecule has 19 nitrogen and oxygen atoms in total. The number of hydrogen-bond acceptors (Lipinski definition) is 18. The summed E-state index contributed by atoms with van der Waals surface area (Å²) in [5.74, 6) is 1.76. The van der Waals surface area contributed by atoms with E-state index in [0.29, 0.717) is 58.8 Å². The van der Waals surface area contributed by atoms with Gasteiger partial charge in [-0.25, -0.2) is 9.97 Å². The molecule has 83 heavy (non-hydrogen) atoms. The molecule has 4 aromatic heterocycles. The van der Waals surface area contributed by atoms with Gasteiger partial charge >= 0.3 is 0 Å². The number of pyridine rings is 1. The summed E-state index contributed by atoms with van der Waals surface area (Å²) in [6.07, 6.45) is 12.5. The Morgan fingerprint density at radius 3 is 2.25 bits per heavy atom. The molecule has 0 radical (unpaired) electrons. The summed E-state index contributed by atoms with van der Waals surface area (Å²) in [5, 5.41) is 37.6. The Morgan fingerprint density at radius 1 is 0.819 bits per heavy atom. The van der Waals surface area contributed by atoms with Crippen molar-refractivity contribution in [1.82, 2.24) is 40.4 Å². The summed E-state index contributed by atoms with van der Waals surface area (Å²) in [6.45, 7) is 12.4. The van der Waals surface area contributed by atoms with Gasteiger partial charge in [-0.05, 0) is 112 Å². The van der Waals surface area contributed by atoms with Crippen LogP contribution in [0, 0.1) is 18.8 Å². The zero-order chi connectivity index (χ0) is 57.0. The lowest BCUT2D eigenvalue weighted by molar-refractivity contribution is -0.141. The van der Waals surface area contributed by atoms with Crippen LogP contribution in [0.1, 0.15) is 120 Å². The Bertz CT molecular complexity index is 3240. The molecule has 4 unspecified atom stereocenters. The third-order valence-corrected chi connectivity index (χ3v) is 20.2. The minimum Gasteiger partial charge on any atom is -0.507 e. The normalized spacial score (nSPS) is 27.0. The van der Waals surface area contributed by atoms with Crippen LogP contribution >= 0.6 is 11.3 Å². The number of aromatic hydroxyl groups is 1. The SMILES string of the molecule is Cc1ncsc1-c1ccc([C@H](C)NC(=O)[C@@H]2C[C@@H](O)CN2C(=O)[C@@H](c2cc(N3CCC(CN4C5CCC4CC(OC4CC(Oc6cc(N7C8CCC7CN(c7cc(-c9ccccc9O)nnc7N)C8)ccn6)C4)C5)CC3)no2)C(C)C)cc1. The minimum atomic E-state index is -0.803. The Balaban J connectivity index is 0.552. The number of aryl methyl sites for hydroxylation is 1. The Hall–Kier alpha value is -6.87. The number of aliphatic hydroxyl groups is 1. The number of β-amino-alcohol motifs (C(OH)–C–C–N with tert-alkyl or cyclic N) is 1. The molecule has 6 aromatic rings. The average molecular weight is 1150 g/mol. The number of benzene rings is 2. The van der Waals surface area contributed by atoms with Gasteiger partial charge in [0.1, 0.15) is 23.8 Å². The number of ether oxygens (including phenoxy) is 2. The van der Waals surface area contributed by atoms with Crippen molar-refractivity contribution in [2.45, 2.75) is 165 Å². The van der Waals surface area contributed by atoms with Crippen LogP contribution in [-0.2, 0) is 14.3 Å². The van der Waals surface area contributed by atoms with Crippen LogP contribution in [0.3, 0.4) is 0 Å². The molecule has 5 N–H and O–H groups in total. The molecule has 1 saturated carbocycles. The molecule has 7 aliphatic rings. The molecule has 6 saturated heterocycles. The molecule has 438 valence electrons. The Labute approximate surface area is 489 Å². The van der Waals surface area contributed by atoms with Crippen molar-refractivity contribution in [3.05, 3.63) is 102 Å². The number of likely N-dealkylation sites (tertiary alicyclic amines) is 1. The van der Waals surface area contributed by atoms with Gasteiger partial charge in [-0.2, -0.15) is 0 Å². The summed E-state index contributed by atoms with van der Waals surface area (Å²) in [6, 6.07) is 24.0. The van der Waals surface area contributed by atoms with Gasteiger partial charge in [0.25, 0.3) is 0 Å². The first-order valence-corrected chi connectivity index (χ1v) is 31.1. The van der Waals surface area contributed by atoms with Crippen LogP contribution < -0.4 is 30.5 Å². The fourth-order valence-corrected chi connectivity index (χ4v) is 15.6. The van der Waals surface area contributed by atoms with E-state index in [4.69, 9.17) is 19.7 Å². The van der Waals surface area contributed by atoms with Crippen LogP contribution in [0.4, 0.5) is 23.0 Å². The summed E-state index contributed by atoms with van der Waals surface area (Å²) in [4.78, 5) is 50.0. The zero-order valence-corrected chi connectivity index (χ0v) is 48.8. The van der Waals surface area contributed by atoms with Gasteiger partial charge in [-0.3, -0.25) is 14.5 Å². The van der Waals surface area contributed by atoms with Crippen LogP contribution in [-0.4, -0.2) is 151 Å². The summed E-state index contributed by atoms with van der Waals surface area (Å²) in [5.41, 5.74) is 14.5. The van der Waals surface area contributed by atoms with Crippen molar-refractivity contribution in [1.29, 1.82) is 0 Å². The second-order valence-electron chi connectivity index (χ2n) is 25.0. The number of nitrogens with zero attached hydrogens (tertiary/aromatic N) is 10. The lowest BCUT2D eigenvalue weighted by Crippen LogP contribution is -2.54. The molecule has 7 fully saturated rings. The van der Waals surface area contributed by atoms with Gasteiger partial charge in [0.05, 0.1) is 51.8 Å². The van der Waals surface area contributed by atoms with Gasteiger partial charge in [0.2, 0.25) is 17.7 Å². The van der Waals surface area contributed by atoms with E-state index in [-0.39, 0.29) is 60.8 Å². The number of nitrogens with two attached hydrogens (primary N) is 1. The summed E-state index contributed by atoms with van der Waals surface area (Å²) < 4.78 is 19.3. The highest BCUT2D eigenvalue weighted by atomic mass is 32.1. The van der Waals surface area contributed by atoms with Gasteiger partial charge in [-0.15, -0.1) is 21.5 Å². The molecule has 10 heterocycles. The van der Waals surface area contributed by atoms with Crippen molar-refractivity contribution in [3.63, 3.8) is 0 Å². The lowest BCUT2D eigenvalue weighted by atomic mass is 9.90. The van der Waals surface area contributed by atoms with Crippen LogP contribution in [0.5, 0.6) is 11.6 Å². The number of aromatic nitrogens is 5. The number of thiazole rings is 1. The number of piperazine rings is 1. The smallest absolute Gasteiger partial charge is 0.243 e. The Kier molecular flexibility index (Phi) is 15.5. The molecule has 13 rings (SSSR count). The third kappa shape index (κ3) is 11.4. The van der Waals surface area contributed by atoms with E-state index < -0.39 is 18.1 Å². The van der Waals surface area contributed by atoms with Crippen LogP contribution in [0.25, 0.3) is 21.7 Å². The van der Waals surface area contributed by atoms with Gasteiger partial charge in [0, 0.05) is 112 Å². The molecule has 20 heteroatoms. The van der Waals surface area contributed by atoms with Gasteiger partial charge < -0.3 is 54.9 Å². The summed E-state index contributed by atoms with van der Waals surface area (Å²) in [7, 11) is 0. The minimum absolute atomic E-state index is 0.0862. The fraction of sp³-hybridized carbons (Fsp3) is 0.540. The molecular formula is C63H78N12O7S. The highest BCUT2D eigenvalue weighted by molar-refractivity contribution is 7.13. The van der Waals surface area contributed by atoms with Crippen molar-refractivity contribution >= 4 is 46.2 Å². The lowest BCUT2D eigenvalue weighted by Gasteiger charge is -2.44. The number of carbonyl (C=O) groups is 2. The second-order valence-corrected chi connectivity index (χ2v) is 25.8. The third-order valence-electron chi connectivity index (χ3n) is 19.2. The van der Waals surface area contributed by atoms with E-state index in [1.807, 2.05) is 87.9 Å². The van der Waals surface area contributed by atoms with E-state index in [1.165, 1.54) is 12.8 Å². The molecule has 4 bridgehead atoms. The van der Waals surface area contributed by atoms with E-state index in [1.54, 1.807) is 28.4 Å². The zero-order valence-electron chi connectivity index (χ0n) is 48.0. The van der Waals surface area contributed by atoms with Crippen LogP contribution in [0.2, 0.25) is 0 Å². The standard InChI is InChI=1S/C63H78N12O7S/c1-36(2)59(63(79)74-34-47(76)26-54(74)62(78)67-37(3)40-9-11-41(12-10-40)60-38(4)66-35-83-60)56-30-57(70-82-56)71-21-18-39(19-22-71)31-73-42-13-14-43(73)24-48(23-42)80-49-27-50(28-49)81-58-25-44(17-20-65-58)75-45-15-16-46(75)33-72(32-45)53-29-52(68-69-61(53)64)51-7-5-6-8-55(51)77/h5-12,17,20,25,29-30,35-37,39,42-43,45-50,54,59,76-77H,13-16,18-19,21-24,26-28,31-34H2,1-4H3,(H2,64,69)(H,67,78)/t37-,42?,43?,45?,46?,47+,48?,49?,50?,54-,59+/m0/s1. The number of para-hydroxylation sites is 1. The first kappa shape index (κ1) is 55.3. The average Bonchev–Trinajstić information content (AvgIpc) is 4.35. The molecule has 2 aromatic carbocycles. The quantitative estimate of drug-likeness (QED) is 0.0671. The maximum atomic E-state index is 14.5. The number of phenolic OH excluding ortho intramolecular Hbond substituents is 1. The molecule has 1 aliphatic carbocycles. The van der Waals surface area contributed by atoms with E-state index in [2.05, 4.69) is 62.4 Å². The van der Waals surface area contributed by atoms with Crippen molar-refractivity contribution in [2.24, 2.45) is 11.8 Å². The van der Waals surface area contributed by atoms with Crippen molar-refractivity contribution < 1.29 is 33.8 Å². The van der Waals surface area contributed by atoms with Crippen LogP contribution in [0.15, 0.2) is 89.0 Å². The number of carbonyl (C=O) groups excluding carboxylic acids is 2. The number of amides is 2. The second kappa shape index (κ2) is 23.3. The number of aliphatic hydroxyl groups excluding tert-OH is 1. The van der Waals surface area contributed by atoms with Crippen molar-refractivity contribution in [3.8, 4) is 33.3 Å². The number of nitrogens with one attached hydrogen (secondary N) is 1. The first-order chi connectivity index (χ1) is 40.3. The first-order valence-electron chi connectivity index (χ1n) is 30.3. The number of hydrogen-bond donors (Lipinski definition) is 4. The monoisotopic (exact) mass is 1150 g/mol. The Morgan fingerprint density at radius 2 is 1.54 bits per heavy atom. The predicted octanol–water partition coefficient (Wildman–Crippen LogP) is 8.52. The van der Waals surface area contributed by atoms with E-state index in [0.717, 1.165) is 123 Å². The van der Waals surface area contributed by atoms with Gasteiger partial charge in [-0.1, -0.05) is 55.4 Å². The number of anilines is 4. The van der Waals surface area contributed by atoms with E-state index in [9.17, 15) is 19.8 Å². The number of nitrogen functional groups attached to an aromatic ring is 1. The predicted molar refractivity (Wildman–Crippen MR) is 318 cm³/mol. The fourth-order valence-electron chi connectivity index (χ4n) is 14.7. The molecule has 8 atom stereocenters. The molecule has 6 aliphatic heterocycles. The number of rotatable bonds is 17.